The van der Waals surface area contributed by atoms with E-state index in [0.717, 1.165) is 0 Å². The van der Waals surface area contributed by atoms with Gasteiger partial charge in [0.05, 0.1) is 0 Å². The standard InChI is InChI=1S/C8H18.C2H4/c1-3-5-7-8-6-4-2;1-2/h3-8H2,1-2H3;1-2H2. The van der Waals surface area contributed by atoms with Crippen LogP contribution in [0.1, 0.15) is 52.4 Å². The molecular formula is C10H22. The monoisotopic (exact) mass is 142 g/mol. The Morgan fingerprint density at radius 2 is 1.00 bits per heavy atom. The Kier molecular flexibility index (Phi) is 19.7. The summed E-state index contributed by atoms with van der Waals surface area (Å²) in [5.74, 6) is 0. The van der Waals surface area contributed by atoms with Gasteiger partial charge in [0.2, 0.25) is 0 Å². The Morgan fingerprint density at radius 1 is 0.700 bits per heavy atom. The van der Waals surface area contributed by atoms with Crippen LogP contribution in [-0.2, 0) is 0 Å². The third-order valence-corrected chi connectivity index (χ3v) is 1.46. The molecule has 0 rings (SSSR count). The molecule has 0 saturated carbocycles. The summed E-state index contributed by atoms with van der Waals surface area (Å²) >= 11 is 0. The number of unbranched alkanes of at least 4 members (excludes halogenated alkanes) is 5. The predicted molar refractivity (Wildman–Crippen MR) is 50.3 cm³/mol. The molecule has 0 radical (unpaired) electrons. The summed E-state index contributed by atoms with van der Waals surface area (Å²) < 4.78 is 0. The van der Waals surface area contributed by atoms with Crippen molar-refractivity contribution in [1.29, 1.82) is 0 Å². The van der Waals surface area contributed by atoms with E-state index in [0.29, 0.717) is 0 Å². The summed E-state index contributed by atoms with van der Waals surface area (Å²) in [6.45, 7) is 10.5. The van der Waals surface area contributed by atoms with Crippen LogP contribution in [0.4, 0.5) is 0 Å². The van der Waals surface area contributed by atoms with Gasteiger partial charge in [0.25, 0.3) is 0 Å². The summed E-state index contributed by atoms with van der Waals surface area (Å²) in [6, 6.07) is 0. The molecule has 62 valence electrons. The van der Waals surface area contributed by atoms with E-state index in [4.69, 9.17) is 0 Å². The first-order valence-corrected chi connectivity index (χ1v) is 4.41. The molecule has 0 saturated heterocycles. The van der Waals surface area contributed by atoms with Crippen LogP contribution in [-0.4, -0.2) is 0 Å². The van der Waals surface area contributed by atoms with Crippen LogP contribution in [0, 0.1) is 0 Å². The zero-order chi connectivity index (χ0) is 8.24. The molecule has 0 bridgehead atoms. The topological polar surface area (TPSA) is 0 Å². The van der Waals surface area contributed by atoms with E-state index < -0.39 is 0 Å². The van der Waals surface area contributed by atoms with Gasteiger partial charge in [-0.2, -0.15) is 0 Å². The van der Waals surface area contributed by atoms with Crippen LogP contribution in [0.25, 0.3) is 0 Å². The number of hydrogen-bond donors (Lipinski definition) is 0. The molecule has 0 spiro atoms. The minimum atomic E-state index is 1.36. The van der Waals surface area contributed by atoms with Gasteiger partial charge in [-0.25, -0.2) is 0 Å². The lowest BCUT2D eigenvalue weighted by Gasteiger charge is -1.93. The molecule has 0 aliphatic heterocycles. The van der Waals surface area contributed by atoms with Crippen molar-refractivity contribution in [3.63, 3.8) is 0 Å². The van der Waals surface area contributed by atoms with Crippen molar-refractivity contribution in [2.24, 2.45) is 0 Å². The predicted octanol–water partition coefficient (Wildman–Crippen LogP) is 4.17. The molecule has 0 aliphatic carbocycles. The fourth-order valence-electron chi connectivity index (χ4n) is 0.854. The van der Waals surface area contributed by atoms with Gasteiger partial charge in [0.1, 0.15) is 0 Å². The highest BCUT2D eigenvalue weighted by molar-refractivity contribution is 4.39. The molecule has 0 N–H and O–H groups in total. The maximum atomic E-state index is 3.00. The van der Waals surface area contributed by atoms with Crippen molar-refractivity contribution < 1.29 is 0 Å². The average molecular weight is 142 g/mol. The first kappa shape index (κ1) is 12.4. The second kappa shape index (κ2) is 15.9. The molecule has 0 unspecified atom stereocenters. The van der Waals surface area contributed by atoms with E-state index in [1.807, 2.05) is 0 Å². The molecule has 0 aliphatic rings. The van der Waals surface area contributed by atoms with E-state index >= 15 is 0 Å². The minimum Gasteiger partial charge on any atom is -0.106 e. The van der Waals surface area contributed by atoms with Crippen LogP contribution in [0.15, 0.2) is 13.2 Å². The van der Waals surface area contributed by atoms with Crippen LogP contribution in [0.2, 0.25) is 0 Å². The maximum absolute atomic E-state index is 3.00. The quantitative estimate of drug-likeness (QED) is 0.399. The van der Waals surface area contributed by atoms with E-state index in [1.54, 1.807) is 0 Å². The molecule has 0 atom stereocenters. The molecule has 0 fully saturated rings. The van der Waals surface area contributed by atoms with Crippen LogP contribution >= 0.6 is 0 Å². The van der Waals surface area contributed by atoms with Gasteiger partial charge >= 0.3 is 0 Å². The highest BCUT2D eigenvalue weighted by Gasteiger charge is 1.83. The summed E-state index contributed by atoms with van der Waals surface area (Å²) in [5.41, 5.74) is 0. The molecule has 0 amide bonds. The Labute approximate surface area is 66.3 Å². The smallest absolute Gasteiger partial charge is 0.0533 e. The summed E-state index contributed by atoms with van der Waals surface area (Å²) in [6.07, 6.45) is 8.49. The molecule has 0 aromatic carbocycles. The third kappa shape index (κ3) is 15.6. The molecule has 0 nitrogen and oxygen atoms in total. The number of rotatable bonds is 5. The van der Waals surface area contributed by atoms with E-state index in [-0.39, 0.29) is 0 Å². The fraction of sp³-hybridized carbons (Fsp3) is 0.800. The van der Waals surface area contributed by atoms with Gasteiger partial charge in [0, 0.05) is 0 Å². The molecule has 0 heteroatoms. The van der Waals surface area contributed by atoms with Gasteiger partial charge < -0.3 is 0 Å². The fourth-order valence-corrected chi connectivity index (χ4v) is 0.854. The molecule has 0 heterocycles. The lowest BCUT2D eigenvalue weighted by Crippen LogP contribution is -1.73. The van der Waals surface area contributed by atoms with Crippen molar-refractivity contribution in [2.75, 3.05) is 0 Å². The number of hydrogen-bond acceptors (Lipinski definition) is 0. The first-order valence-electron chi connectivity index (χ1n) is 4.41. The van der Waals surface area contributed by atoms with Crippen molar-refractivity contribution in [2.45, 2.75) is 52.4 Å². The SMILES string of the molecule is C=C.CCCCCCCC. The molecular weight excluding hydrogens is 120 g/mol. The minimum absolute atomic E-state index is 1.36. The lowest BCUT2D eigenvalue weighted by atomic mass is 10.1. The van der Waals surface area contributed by atoms with Gasteiger partial charge in [-0.05, 0) is 0 Å². The van der Waals surface area contributed by atoms with E-state index in [9.17, 15) is 0 Å². The second-order valence-electron chi connectivity index (χ2n) is 2.41. The van der Waals surface area contributed by atoms with Crippen molar-refractivity contribution in [3.05, 3.63) is 13.2 Å². The van der Waals surface area contributed by atoms with Gasteiger partial charge in [-0.15, -0.1) is 13.2 Å². The summed E-state index contributed by atoms with van der Waals surface area (Å²) in [5, 5.41) is 0. The lowest BCUT2D eigenvalue weighted by molar-refractivity contribution is 0.624. The highest BCUT2D eigenvalue weighted by Crippen LogP contribution is 2.03. The second-order valence-corrected chi connectivity index (χ2v) is 2.41. The van der Waals surface area contributed by atoms with Crippen molar-refractivity contribution in [3.8, 4) is 0 Å². The van der Waals surface area contributed by atoms with Crippen LogP contribution < -0.4 is 0 Å². The van der Waals surface area contributed by atoms with E-state index in [2.05, 4.69) is 27.0 Å². The van der Waals surface area contributed by atoms with Crippen molar-refractivity contribution in [1.82, 2.24) is 0 Å². The van der Waals surface area contributed by atoms with Gasteiger partial charge in [-0.3, -0.25) is 0 Å². The zero-order valence-corrected chi connectivity index (χ0v) is 7.66. The Hall–Kier alpha value is -0.260. The van der Waals surface area contributed by atoms with Gasteiger partial charge in [-0.1, -0.05) is 52.4 Å². The van der Waals surface area contributed by atoms with Crippen molar-refractivity contribution >= 4 is 0 Å². The highest BCUT2D eigenvalue weighted by atomic mass is 13.9. The Morgan fingerprint density at radius 3 is 1.20 bits per heavy atom. The zero-order valence-electron chi connectivity index (χ0n) is 7.66. The normalized spacial score (nSPS) is 8.20. The maximum Gasteiger partial charge on any atom is -0.0533 e. The summed E-state index contributed by atoms with van der Waals surface area (Å²) in [7, 11) is 0. The molecule has 10 heavy (non-hydrogen) atoms. The largest absolute Gasteiger partial charge is 0.106 e. The molecule has 0 aromatic rings. The van der Waals surface area contributed by atoms with E-state index in [1.165, 1.54) is 38.5 Å². The molecule has 0 aromatic heterocycles. The summed E-state index contributed by atoms with van der Waals surface area (Å²) in [4.78, 5) is 0. The Balaban J connectivity index is 0. The average Bonchev–Trinajstić information content (AvgIpc) is 2.02. The Bertz CT molecular complexity index is 33.3. The van der Waals surface area contributed by atoms with Crippen LogP contribution in [0.3, 0.4) is 0 Å². The third-order valence-electron chi connectivity index (χ3n) is 1.46. The van der Waals surface area contributed by atoms with Gasteiger partial charge in [0.15, 0.2) is 0 Å². The van der Waals surface area contributed by atoms with Crippen LogP contribution in [0.5, 0.6) is 0 Å². The first-order chi connectivity index (χ1) is 4.91.